The normalized spacial score (nSPS) is 18.7. The van der Waals surface area contributed by atoms with E-state index in [4.69, 9.17) is 14.2 Å². The van der Waals surface area contributed by atoms with Crippen molar-refractivity contribution < 1.29 is 33.4 Å². The Morgan fingerprint density at radius 3 is 2.28 bits per heavy atom. The van der Waals surface area contributed by atoms with Crippen LogP contribution in [0.1, 0.15) is 63.1 Å². The number of imide groups is 1. The molecule has 15 nitrogen and oxygen atoms in total. The average Bonchev–Trinajstić information content (AvgIpc) is 3.44. The van der Waals surface area contributed by atoms with Crippen molar-refractivity contribution in [3.8, 4) is 28.4 Å². The molecule has 7 rings (SSSR count). The van der Waals surface area contributed by atoms with Crippen LogP contribution in [0.25, 0.3) is 11.1 Å². The second-order valence-electron chi connectivity index (χ2n) is 15.4. The molecule has 0 saturated carbocycles. The third-order valence-electron chi connectivity index (χ3n) is 11.4. The SMILES string of the molecule is C=C1CCC(N2C(=O)c3ccc(OCCN4CCC(NC(=O)N5CCc6c(-c7cc(OC)c(CN(C)C)c(OC)c7)cn(C)c(=O)c6C5)CC4)cc3C2=O)C(=O)N1. The number of benzene rings is 2. The number of carbonyl (C=O) groups excluding carboxylic acids is 4. The Kier molecular flexibility index (Phi) is 11.4. The van der Waals surface area contributed by atoms with Crippen LogP contribution in [0.5, 0.6) is 17.2 Å². The predicted octanol–water partition coefficient (Wildman–Crippen LogP) is 3.13. The van der Waals surface area contributed by atoms with E-state index in [9.17, 15) is 24.0 Å². The van der Waals surface area contributed by atoms with Gasteiger partial charge in [-0.3, -0.25) is 29.0 Å². The summed E-state index contributed by atoms with van der Waals surface area (Å²) in [6.07, 6.45) is 4.77. The second-order valence-corrected chi connectivity index (χ2v) is 15.4. The summed E-state index contributed by atoms with van der Waals surface area (Å²) in [7, 11) is 8.99. The van der Waals surface area contributed by atoms with Crippen LogP contribution in [0.2, 0.25) is 0 Å². The number of allylic oxidation sites excluding steroid dienone is 1. The number of nitrogens with one attached hydrogen (secondary N) is 2. The zero-order valence-electron chi connectivity index (χ0n) is 33.3. The molecular formula is C42H51N7O8. The smallest absolute Gasteiger partial charge is 0.317 e. The van der Waals surface area contributed by atoms with E-state index in [-0.39, 0.29) is 35.3 Å². The third kappa shape index (κ3) is 7.99. The maximum Gasteiger partial charge on any atom is 0.317 e. The van der Waals surface area contributed by atoms with Crippen LogP contribution in [0, 0.1) is 0 Å². The quantitative estimate of drug-likeness (QED) is 0.278. The van der Waals surface area contributed by atoms with Gasteiger partial charge >= 0.3 is 6.03 Å². The van der Waals surface area contributed by atoms with E-state index in [1.165, 1.54) is 0 Å². The number of likely N-dealkylation sites (tertiary alicyclic amines) is 1. The summed E-state index contributed by atoms with van der Waals surface area (Å²) in [6, 6.07) is 7.76. The molecule has 0 spiro atoms. The van der Waals surface area contributed by atoms with Crippen molar-refractivity contribution in [3.05, 3.63) is 87.0 Å². The van der Waals surface area contributed by atoms with Gasteiger partial charge in [0.05, 0.1) is 37.5 Å². The molecule has 5 heterocycles. The van der Waals surface area contributed by atoms with Gasteiger partial charge in [0.25, 0.3) is 17.4 Å². The Hall–Kier alpha value is -5.67. The first-order valence-corrected chi connectivity index (χ1v) is 19.4. The van der Waals surface area contributed by atoms with Gasteiger partial charge in [-0.15, -0.1) is 0 Å². The van der Waals surface area contributed by atoms with E-state index in [2.05, 4.69) is 27.0 Å². The highest BCUT2D eigenvalue weighted by atomic mass is 16.5. The summed E-state index contributed by atoms with van der Waals surface area (Å²) < 4.78 is 19.1. The van der Waals surface area contributed by atoms with E-state index in [0.717, 1.165) is 53.1 Å². The molecule has 1 aromatic heterocycles. The standard InChI is InChI=1S/C42H51N7O8/c1-25-7-10-35(38(50)43-25)49-40(52)30-9-8-28(21-31(30)41(49)53)57-18-17-47-14-11-27(12-15-47)44-42(54)48-16-13-29-32(23-46(4)39(51)33(29)24-48)26-19-36(55-5)34(22-45(2)3)37(20-26)56-6/h8-9,19-21,23,27,35H,1,7,10-18,22,24H2,2-6H3,(H,43,50)(H,44,54). The van der Waals surface area contributed by atoms with Gasteiger partial charge in [0.1, 0.15) is 29.9 Å². The number of ether oxygens (including phenoxy) is 3. The first kappa shape index (κ1) is 39.6. The number of methoxy groups -OCH3 is 2. The second kappa shape index (κ2) is 16.4. The number of piperidine rings is 2. The Labute approximate surface area is 332 Å². The molecule has 3 aromatic rings. The minimum Gasteiger partial charge on any atom is -0.496 e. The summed E-state index contributed by atoms with van der Waals surface area (Å²) in [5, 5.41) is 5.85. The fraction of sp³-hybridized carbons (Fsp3) is 0.452. The molecule has 0 radical (unpaired) electrons. The van der Waals surface area contributed by atoms with Gasteiger partial charge in [-0.1, -0.05) is 6.58 Å². The van der Waals surface area contributed by atoms with E-state index >= 15 is 0 Å². The highest BCUT2D eigenvalue weighted by molar-refractivity contribution is 6.23. The van der Waals surface area contributed by atoms with Crippen molar-refractivity contribution in [2.24, 2.45) is 7.05 Å². The summed E-state index contributed by atoms with van der Waals surface area (Å²) in [5.41, 5.74) is 5.24. The van der Waals surface area contributed by atoms with Gasteiger partial charge in [0, 0.05) is 68.8 Å². The number of rotatable bonds is 11. The zero-order chi connectivity index (χ0) is 40.5. The number of hydrogen-bond acceptors (Lipinski definition) is 10. The summed E-state index contributed by atoms with van der Waals surface area (Å²) in [4.78, 5) is 72.9. The fourth-order valence-electron chi connectivity index (χ4n) is 8.31. The molecule has 302 valence electrons. The largest absolute Gasteiger partial charge is 0.496 e. The summed E-state index contributed by atoms with van der Waals surface area (Å²) in [6.45, 7) is 7.67. The molecule has 0 bridgehead atoms. The fourth-order valence-corrected chi connectivity index (χ4v) is 8.31. The number of nitrogens with zero attached hydrogens (tertiary/aromatic N) is 5. The first-order valence-electron chi connectivity index (χ1n) is 19.4. The minimum atomic E-state index is -0.864. The predicted molar refractivity (Wildman–Crippen MR) is 212 cm³/mol. The van der Waals surface area contributed by atoms with E-state index in [1.807, 2.05) is 32.4 Å². The molecule has 2 saturated heterocycles. The number of urea groups is 1. The van der Waals surface area contributed by atoms with Crippen LogP contribution in [0.4, 0.5) is 4.79 Å². The van der Waals surface area contributed by atoms with E-state index in [1.54, 1.807) is 48.9 Å². The van der Waals surface area contributed by atoms with Crippen molar-refractivity contribution in [2.75, 3.05) is 61.1 Å². The van der Waals surface area contributed by atoms with Crippen LogP contribution >= 0.6 is 0 Å². The minimum absolute atomic E-state index is 0.00152. The Morgan fingerprint density at radius 2 is 1.61 bits per heavy atom. The highest BCUT2D eigenvalue weighted by Crippen LogP contribution is 2.38. The van der Waals surface area contributed by atoms with Crippen LogP contribution in [-0.2, 0) is 31.4 Å². The molecule has 4 aliphatic heterocycles. The van der Waals surface area contributed by atoms with Crippen LogP contribution in [0.15, 0.2) is 53.6 Å². The summed E-state index contributed by atoms with van der Waals surface area (Å²) in [5.74, 6) is 0.511. The van der Waals surface area contributed by atoms with Crippen LogP contribution in [-0.4, -0.2) is 121 Å². The topological polar surface area (TPSA) is 155 Å². The number of aryl methyl sites for hydroxylation is 1. The van der Waals surface area contributed by atoms with Gasteiger partial charge in [-0.05, 0) is 87.7 Å². The van der Waals surface area contributed by atoms with Crippen molar-refractivity contribution in [1.82, 2.24) is 34.8 Å². The molecule has 0 aliphatic carbocycles. The monoisotopic (exact) mass is 781 g/mol. The van der Waals surface area contributed by atoms with Gasteiger partial charge in [-0.25, -0.2) is 4.79 Å². The lowest BCUT2D eigenvalue weighted by atomic mass is 9.91. The molecular weight excluding hydrogens is 731 g/mol. The Bertz CT molecular complexity index is 2150. The lowest BCUT2D eigenvalue weighted by Gasteiger charge is -2.35. The van der Waals surface area contributed by atoms with Crippen molar-refractivity contribution in [3.63, 3.8) is 0 Å². The Balaban J connectivity index is 0.917. The van der Waals surface area contributed by atoms with Crippen LogP contribution < -0.4 is 30.4 Å². The maximum absolute atomic E-state index is 13.6. The van der Waals surface area contributed by atoms with Crippen LogP contribution in [0.3, 0.4) is 0 Å². The number of pyridine rings is 1. The number of carbonyl (C=O) groups is 4. The number of hydrogen-bond donors (Lipinski definition) is 2. The molecule has 2 N–H and O–H groups in total. The highest BCUT2D eigenvalue weighted by Gasteiger charge is 2.44. The number of amides is 5. The molecule has 5 amide bonds. The molecule has 1 atom stereocenters. The van der Waals surface area contributed by atoms with E-state index < -0.39 is 23.8 Å². The van der Waals surface area contributed by atoms with Gasteiger partial charge in [0.15, 0.2) is 0 Å². The molecule has 1 unspecified atom stereocenters. The average molecular weight is 782 g/mol. The third-order valence-corrected chi connectivity index (χ3v) is 11.4. The number of aromatic nitrogens is 1. The molecule has 2 fully saturated rings. The first-order chi connectivity index (χ1) is 27.4. The number of fused-ring (bicyclic) bond motifs is 2. The lowest BCUT2D eigenvalue weighted by molar-refractivity contribution is -0.125. The van der Waals surface area contributed by atoms with Crippen molar-refractivity contribution in [1.29, 1.82) is 0 Å². The summed E-state index contributed by atoms with van der Waals surface area (Å²) >= 11 is 0. The molecule has 15 heteroatoms. The molecule has 57 heavy (non-hydrogen) atoms. The van der Waals surface area contributed by atoms with E-state index in [0.29, 0.717) is 74.0 Å². The lowest BCUT2D eigenvalue weighted by Crippen LogP contribution is -2.51. The molecule has 4 aliphatic rings. The van der Waals surface area contributed by atoms with Gasteiger partial charge in [-0.2, -0.15) is 0 Å². The zero-order valence-corrected chi connectivity index (χ0v) is 33.3. The van der Waals surface area contributed by atoms with Gasteiger partial charge in [0.2, 0.25) is 5.91 Å². The molecule has 2 aromatic carbocycles. The maximum atomic E-state index is 13.6. The Morgan fingerprint density at radius 1 is 0.912 bits per heavy atom. The van der Waals surface area contributed by atoms with Gasteiger partial charge < -0.3 is 39.2 Å². The van der Waals surface area contributed by atoms with Crippen molar-refractivity contribution >= 4 is 23.8 Å². The van der Waals surface area contributed by atoms with Crippen molar-refractivity contribution in [2.45, 2.75) is 57.3 Å².